The Morgan fingerprint density at radius 1 is 1.31 bits per heavy atom. The molecular weight excluding hydrogens is 213 g/mol. The van der Waals surface area contributed by atoms with Crippen molar-refractivity contribution in [3.63, 3.8) is 0 Å². The number of hydrogen-bond acceptors (Lipinski definition) is 1. The van der Waals surface area contributed by atoms with Gasteiger partial charge in [0.1, 0.15) is 0 Å². The molecule has 0 radical (unpaired) electrons. The minimum atomic E-state index is 0.259. The van der Waals surface area contributed by atoms with Crippen LogP contribution in [0.2, 0.25) is 0 Å². The number of nitrogens with one attached hydrogen (secondary N) is 1. The summed E-state index contributed by atoms with van der Waals surface area (Å²) in [5.41, 5.74) is 2.40. The SMILES string of the molecule is C=C/C=C(\C=C)CNC(P)c1ccccc1. The Morgan fingerprint density at radius 2 is 2.00 bits per heavy atom. The van der Waals surface area contributed by atoms with Gasteiger partial charge in [0.2, 0.25) is 0 Å². The van der Waals surface area contributed by atoms with E-state index in [1.165, 1.54) is 5.56 Å². The van der Waals surface area contributed by atoms with E-state index in [1.807, 2.05) is 30.4 Å². The van der Waals surface area contributed by atoms with Crippen molar-refractivity contribution in [2.75, 3.05) is 6.54 Å². The van der Waals surface area contributed by atoms with Crippen molar-refractivity contribution >= 4 is 9.24 Å². The smallest absolute Gasteiger partial charge is 0.0466 e. The standard InChI is InChI=1S/C14H18NP/c1-3-8-12(4-2)11-15-14(16)13-9-6-5-7-10-13/h3-10,14-15H,1-2,11,16H2/b12-8+. The first-order valence-corrected chi connectivity index (χ1v) is 5.92. The van der Waals surface area contributed by atoms with E-state index in [9.17, 15) is 0 Å². The average Bonchev–Trinajstić information content (AvgIpc) is 2.35. The lowest BCUT2D eigenvalue weighted by molar-refractivity contribution is 0.729. The van der Waals surface area contributed by atoms with E-state index in [-0.39, 0.29) is 5.78 Å². The number of hydrogen-bond donors (Lipinski definition) is 1. The van der Waals surface area contributed by atoms with Crippen LogP contribution in [-0.2, 0) is 0 Å². The fourth-order valence-electron chi connectivity index (χ4n) is 1.36. The van der Waals surface area contributed by atoms with E-state index in [0.29, 0.717) is 0 Å². The molecule has 1 aromatic rings. The molecule has 1 aromatic carbocycles. The largest absolute Gasteiger partial charge is 0.303 e. The highest BCUT2D eigenvalue weighted by Gasteiger charge is 2.03. The maximum Gasteiger partial charge on any atom is 0.0466 e. The minimum absolute atomic E-state index is 0.259. The van der Waals surface area contributed by atoms with Crippen molar-refractivity contribution in [2.24, 2.45) is 0 Å². The third kappa shape index (κ3) is 4.14. The van der Waals surface area contributed by atoms with Gasteiger partial charge in [-0.25, -0.2) is 0 Å². The van der Waals surface area contributed by atoms with Gasteiger partial charge in [0.25, 0.3) is 0 Å². The van der Waals surface area contributed by atoms with Crippen LogP contribution in [0, 0.1) is 0 Å². The predicted octanol–water partition coefficient (Wildman–Crippen LogP) is 3.45. The molecule has 1 N–H and O–H groups in total. The molecule has 1 nitrogen and oxygen atoms in total. The molecule has 0 aromatic heterocycles. The molecule has 0 saturated heterocycles. The third-order valence-electron chi connectivity index (χ3n) is 2.28. The van der Waals surface area contributed by atoms with Gasteiger partial charge >= 0.3 is 0 Å². The maximum absolute atomic E-state index is 3.77. The molecule has 0 spiro atoms. The number of rotatable bonds is 6. The van der Waals surface area contributed by atoms with Gasteiger partial charge in [-0.05, 0) is 11.1 Å². The van der Waals surface area contributed by atoms with Crippen LogP contribution in [0.5, 0.6) is 0 Å². The summed E-state index contributed by atoms with van der Waals surface area (Å²) >= 11 is 0. The van der Waals surface area contributed by atoms with Crippen LogP contribution >= 0.6 is 9.24 Å². The lowest BCUT2D eigenvalue weighted by Gasteiger charge is -2.14. The Balaban J connectivity index is 2.53. The van der Waals surface area contributed by atoms with E-state index in [2.05, 4.69) is 39.8 Å². The molecule has 0 aliphatic rings. The molecule has 0 bridgehead atoms. The highest BCUT2D eigenvalue weighted by atomic mass is 31.0. The van der Waals surface area contributed by atoms with Gasteiger partial charge in [-0.1, -0.05) is 61.7 Å². The second kappa shape index (κ2) is 7.16. The zero-order valence-corrected chi connectivity index (χ0v) is 10.5. The van der Waals surface area contributed by atoms with Gasteiger partial charge in [-0.2, -0.15) is 0 Å². The van der Waals surface area contributed by atoms with Gasteiger partial charge in [-0.15, -0.1) is 9.24 Å². The number of allylic oxidation sites excluding steroid dienone is 2. The fraction of sp³-hybridized carbons (Fsp3) is 0.143. The van der Waals surface area contributed by atoms with E-state index >= 15 is 0 Å². The minimum Gasteiger partial charge on any atom is -0.303 e. The van der Waals surface area contributed by atoms with Crippen molar-refractivity contribution < 1.29 is 0 Å². The first-order chi connectivity index (χ1) is 7.77. The third-order valence-corrected chi connectivity index (χ3v) is 2.90. The van der Waals surface area contributed by atoms with Crippen LogP contribution in [0.1, 0.15) is 11.3 Å². The monoisotopic (exact) mass is 231 g/mol. The molecular formula is C14H18NP. The van der Waals surface area contributed by atoms with Gasteiger partial charge in [0, 0.05) is 12.3 Å². The van der Waals surface area contributed by atoms with Crippen LogP contribution in [0.15, 0.2) is 67.3 Å². The number of benzene rings is 1. The fourth-order valence-corrected chi connectivity index (χ4v) is 1.70. The molecule has 2 heteroatoms. The second-order valence-electron chi connectivity index (χ2n) is 3.45. The van der Waals surface area contributed by atoms with E-state index in [1.54, 1.807) is 6.08 Å². The Hall–Kier alpha value is -1.17. The van der Waals surface area contributed by atoms with Gasteiger partial charge < -0.3 is 5.32 Å². The Kier molecular flexibility index (Phi) is 5.77. The molecule has 0 aliphatic carbocycles. The lowest BCUT2D eigenvalue weighted by Crippen LogP contribution is -2.18. The molecule has 1 rings (SSSR count). The van der Waals surface area contributed by atoms with E-state index in [0.717, 1.165) is 12.1 Å². The highest BCUT2D eigenvalue weighted by molar-refractivity contribution is 7.17. The van der Waals surface area contributed by atoms with Crippen molar-refractivity contribution in [3.05, 3.63) is 72.9 Å². The van der Waals surface area contributed by atoms with Gasteiger partial charge in [0.15, 0.2) is 0 Å². The maximum atomic E-state index is 3.77. The zero-order chi connectivity index (χ0) is 11.8. The summed E-state index contributed by atoms with van der Waals surface area (Å²) < 4.78 is 0. The Bertz CT molecular complexity index is 368. The van der Waals surface area contributed by atoms with Crippen molar-refractivity contribution in [3.8, 4) is 0 Å². The van der Waals surface area contributed by atoms with E-state index in [4.69, 9.17) is 0 Å². The predicted molar refractivity (Wildman–Crippen MR) is 75.4 cm³/mol. The Labute approximate surface area is 100 Å². The highest BCUT2D eigenvalue weighted by Crippen LogP contribution is 2.19. The van der Waals surface area contributed by atoms with Crippen LogP contribution < -0.4 is 5.32 Å². The normalized spacial score (nSPS) is 13.2. The lowest BCUT2D eigenvalue weighted by atomic mass is 10.2. The van der Waals surface area contributed by atoms with Crippen LogP contribution in [0.3, 0.4) is 0 Å². The quantitative estimate of drug-likeness (QED) is 0.584. The first-order valence-electron chi connectivity index (χ1n) is 5.26. The molecule has 0 saturated carbocycles. The van der Waals surface area contributed by atoms with Crippen LogP contribution in [-0.4, -0.2) is 6.54 Å². The van der Waals surface area contributed by atoms with Crippen LogP contribution in [0.25, 0.3) is 0 Å². The topological polar surface area (TPSA) is 12.0 Å². The Morgan fingerprint density at radius 3 is 2.56 bits per heavy atom. The van der Waals surface area contributed by atoms with E-state index < -0.39 is 0 Å². The first kappa shape index (κ1) is 12.9. The molecule has 2 unspecified atom stereocenters. The van der Waals surface area contributed by atoms with Gasteiger partial charge in [0.05, 0.1) is 0 Å². The summed E-state index contributed by atoms with van der Waals surface area (Å²) in [4.78, 5) is 0. The van der Waals surface area contributed by atoms with Crippen LogP contribution in [0.4, 0.5) is 0 Å². The van der Waals surface area contributed by atoms with Crippen molar-refractivity contribution in [2.45, 2.75) is 5.78 Å². The molecule has 0 amide bonds. The molecule has 0 heterocycles. The summed E-state index contributed by atoms with van der Waals surface area (Å²) in [6.07, 6.45) is 5.58. The van der Waals surface area contributed by atoms with Crippen molar-refractivity contribution in [1.82, 2.24) is 5.32 Å². The van der Waals surface area contributed by atoms with Gasteiger partial charge in [-0.3, -0.25) is 0 Å². The molecule has 16 heavy (non-hydrogen) atoms. The summed E-state index contributed by atoms with van der Waals surface area (Å²) in [6, 6.07) is 10.3. The molecule has 0 aliphatic heterocycles. The molecule has 2 atom stereocenters. The molecule has 0 fully saturated rings. The summed E-state index contributed by atoms with van der Waals surface area (Å²) in [5.74, 6) is 0.259. The molecule has 84 valence electrons. The summed E-state index contributed by atoms with van der Waals surface area (Å²) in [6.45, 7) is 8.23. The van der Waals surface area contributed by atoms with Crippen molar-refractivity contribution in [1.29, 1.82) is 0 Å². The summed E-state index contributed by atoms with van der Waals surface area (Å²) in [7, 11) is 2.80. The average molecular weight is 231 g/mol. The summed E-state index contributed by atoms with van der Waals surface area (Å²) in [5, 5.41) is 3.41. The second-order valence-corrected chi connectivity index (χ2v) is 4.12. The zero-order valence-electron chi connectivity index (χ0n) is 9.39.